The van der Waals surface area contributed by atoms with Gasteiger partial charge in [-0.2, -0.15) is 0 Å². The van der Waals surface area contributed by atoms with Crippen LogP contribution in [0.3, 0.4) is 0 Å². The Morgan fingerprint density at radius 1 is 1.11 bits per heavy atom. The number of hydrogen-bond donors (Lipinski definition) is 2. The molecule has 1 heterocycles. The van der Waals surface area contributed by atoms with Crippen LogP contribution in [0.25, 0.3) is 0 Å². The Bertz CT molecular complexity index is 777. The number of ether oxygens (including phenoxy) is 1. The molecule has 0 radical (unpaired) electrons. The molecule has 2 aromatic rings. The summed E-state index contributed by atoms with van der Waals surface area (Å²) in [4.78, 5) is 26.5. The summed E-state index contributed by atoms with van der Waals surface area (Å²) in [5.41, 5.74) is 1.85. The van der Waals surface area contributed by atoms with Gasteiger partial charge in [0.15, 0.2) is 0 Å². The average molecular weight is 381 g/mol. The first-order chi connectivity index (χ1) is 13.7. The molecule has 2 N–H and O–H groups in total. The largest absolute Gasteiger partial charge is 0.494 e. The smallest absolute Gasteiger partial charge is 0.319 e. The normalized spacial score (nSPS) is 15.9. The zero-order chi connectivity index (χ0) is 19.8. The van der Waals surface area contributed by atoms with Crippen molar-refractivity contribution in [1.29, 1.82) is 0 Å². The lowest BCUT2D eigenvalue weighted by Gasteiger charge is -2.25. The molecule has 0 spiro atoms. The zero-order valence-electron chi connectivity index (χ0n) is 16.2. The number of likely N-dealkylation sites (tertiary alicyclic amines) is 1. The van der Waals surface area contributed by atoms with Gasteiger partial charge in [-0.15, -0.1) is 0 Å². The van der Waals surface area contributed by atoms with E-state index in [0.29, 0.717) is 13.2 Å². The summed E-state index contributed by atoms with van der Waals surface area (Å²) in [6.07, 6.45) is 2.24. The first-order valence-corrected chi connectivity index (χ1v) is 9.79. The fourth-order valence-electron chi connectivity index (χ4n) is 3.49. The van der Waals surface area contributed by atoms with E-state index in [1.807, 2.05) is 66.4 Å². The highest BCUT2D eigenvalue weighted by atomic mass is 16.5. The topological polar surface area (TPSA) is 70.7 Å². The molecule has 0 saturated carbocycles. The number of anilines is 1. The molecule has 0 aliphatic carbocycles. The van der Waals surface area contributed by atoms with Gasteiger partial charge in [-0.1, -0.05) is 30.3 Å². The first kappa shape index (κ1) is 19.7. The maximum absolute atomic E-state index is 12.7. The molecule has 1 saturated heterocycles. The number of para-hydroxylation sites is 1. The summed E-state index contributed by atoms with van der Waals surface area (Å²) in [7, 11) is 0. The van der Waals surface area contributed by atoms with Gasteiger partial charge in [0.2, 0.25) is 5.91 Å². The van der Waals surface area contributed by atoms with Gasteiger partial charge in [-0.25, -0.2) is 4.79 Å². The van der Waals surface area contributed by atoms with E-state index >= 15 is 0 Å². The summed E-state index contributed by atoms with van der Waals surface area (Å²) in [5.74, 6) is 0.909. The Kier molecular flexibility index (Phi) is 6.89. The van der Waals surface area contributed by atoms with Gasteiger partial charge in [0.05, 0.1) is 12.6 Å². The Labute approximate surface area is 165 Å². The monoisotopic (exact) mass is 381 g/mol. The van der Waals surface area contributed by atoms with Crippen LogP contribution in [0.5, 0.6) is 5.75 Å². The van der Waals surface area contributed by atoms with Gasteiger partial charge in [-0.3, -0.25) is 4.79 Å². The van der Waals surface area contributed by atoms with E-state index < -0.39 is 0 Å². The summed E-state index contributed by atoms with van der Waals surface area (Å²) in [6, 6.07) is 17.0. The molecule has 6 heteroatoms. The molecule has 148 valence electrons. The summed E-state index contributed by atoms with van der Waals surface area (Å²) in [5, 5.41) is 5.50. The average Bonchev–Trinajstić information content (AvgIpc) is 3.19. The van der Waals surface area contributed by atoms with Crippen molar-refractivity contribution in [2.45, 2.75) is 32.2 Å². The Balaban J connectivity index is 1.48. The second kappa shape index (κ2) is 9.78. The van der Waals surface area contributed by atoms with E-state index in [4.69, 9.17) is 4.74 Å². The molecule has 2 aromatic carbocycles. The van der Waals surface area contributed by atoms with Crippen LogP contribution >= 0.6 is 0 Å². The minimum absolute atomic E-state index is 0.0661. The minimum atomic E-state index is -0.302. The highest BCUT2D eigenvalue weighted by molar-refractivity contribution is 5.89. The maximum atomic E-state index is 12.7. The van der Waals surface area contributed by atoms with Crippen LogP contribution in [0.15, 0.2) is 54.6 Å². The van der Waals surface area contributed by atoms with E-state index in [-0.39, 0.29) is 24.4 Å². The van der Waals surface area contributed by atoms with E-state index in [9.17, 15) is 9.59 Å². The number of rotatable bonds is 7. The molecular formula is C22H27N3O3. The van der Waals surface area contributed by atoms with Gasteiger partial charge >= 0.3 is 6.03 Å². The number of amides is 3. The SMILES string of the molecule is CCOc1ccc(C2CCCN2C(=O)CCNC(=O)Nc2ccccc2)cc1. The van der Waals surface area contributed by atoms with Crippen LogP contribution in [-0.4, -0.2) is 36.5 Å². The van der Waals surface area contributed by atoms with Crippen molar-refractivity contribution in [1.82, 2.24) is 10.2 Å². The number of nitrogens with one attached hydrogen (secondary N) is 2. The highest BCUT2D eigenvalue weighted by Gasteiger charge is 2.29. The van der Waals surface area contributed by atoms with Crippen LogP contribution < -0.4 is 15.4 Å². The van der Waals surface area contributed by atoms with Gasteiger partial charge in [0.25, 0.3) is 0 Å². The molecule has 1 unspecified atom stereocenters. The van der Waals surface area contributed by atoms with Crippen LogP contribution in [-0.2, 0) is 4.79 Å². The van der Waals surface area contributed by atoms with Gasteiger partial charge in [0, 0.05) is 25.2 Å². The molecule has 3 rings (SSSR count). The first-order valence-electron chi connectivity index (χ1n) is 9.79. The van der Waals surface area contributed by atoms with Crippen molar-refractivity contribution in [2.75, 3.05) is 25.0 Å². The van der Waals surface area contributed by atoms with Crippen molar-refractivity contribution >= 4 is 17.6 Å². The lowest BCUT2D eigenvalue weighted by molar-refractivity contribution is -0.132. The fourth-order valence-corrected chi connectivity index (χ4v) is 3.49. The van der Waals surface area contributed by atoms with E-state index in [1.54, 1.807) is 0 Å². The molecule has 3 amide bonds. The molecule has 0 aromatic heterocycles. The summed E-state index contributed by atoms with van der Waals surface area (Å²) < 4.78 is 5.49. The molecule has 1 fully saturated rings. The maximum Gasteiger partial charge on any atom is 0.319 e. The second-order valence-corrected chi connectivity index (χ2v) is 6.74. The second-order valence-electron chi connectivity index (χ2n) is 6.74. The van der Waals surface area contributed by atoms with Crippen molar-refractivity contribution in [3.05, 3.63) is 60.2 Å². The van der Waals surface area contributed by atoms with Gasteiger partial charge in [0.1, 0.15) is 5.75 Å². The number of carbonyl (C=O) groups excluding carboxylic acids is 2. The molecule has 28 heavy (non-hydrogen) atoms. The molecule has 1 aliphatic heterocycles. The third-order valence-electron chi connectivity index (χ3n) is 4.81. The summed E-state index contributed by atoms with van der Waals surface area (Å²) >= 11 is 0. The van der Waals surface area contributed by atoms with Crippen LogP contribution in [0.2, 0.25) is 0 Å². The van der Waals surface area contributed by atoms with Crippen molar-refractivity contribution in [2.24, 2.45) is 0 Å². The zero-order valence-corrected chi connectivity index (χ0v) is 16.2. The lowest BCUT2D eigenvalue weighted by atomic mass is 10.0. The van der Waals surface area contributed by atoms with Crippen LogP contribution in [0.1, 0.15) is 37.8 Å². The molecule has 0 bridgehead atoms. The van der Waals surface area contributed by atoms with E-state index in [1.165, 1.54) is 0 Å². The minimum Gasteiger partial charge on any atom is -0.494 e. The molecule has 6 nitrogen and oxygen atoms in total. The van der Waals surface area contributed by atoms with Crippen molar-refractivity contribution in [3.8, 4) is 5.75 Å². The molecular weight excluding hydrogens is 354 g/mol. The number of carbonyl (C=O) groups is 2. The van der Waals surface area contributed by atoms with E-state index in [2.05, 4.69) is 10.6 Å². The lowest BCUT2D eigenvalue weighted by Crippen LogP contribution is -2.35. The quantitative estimate of drug-likeness (QED) is 0.763. The number of hydrogen-bond acceptors (Lipinski definition) is 3. The number of nitrogens with zero attached hydrogens (tertiary/aromatic N) is 1. The standard InChI is InChI=1S/C22H27N3O3/c1-2-28-19-12-10-17(11-13-19)20-9-6-16-25(20)21(26)14-15-23-22(27)24-18-7-4-3-5-8-18/h3-5,7-8,10-13,20H,2,6,9,14-16H2,1H3,(H2,23,24,27). The third-order valence-corrected chi connectivity index (χ3v) is 4.81. The number of benzene rings is 2. The van der Waals surface area contributed by atoms with Crippen LogP contribution in [0, 0.1) is 0 Å². The summed E-state index contributed by atoms with van der Waals surface area (Å²) in [6.45, 7) is 3.66. The fraction of sp³-hybridized carbons (Fsp3) is 0.364. The van der Waals surface area contributed by atoms with Crippen LogP contribution in [0.4, 0.5) is 10.5 Å². The highest BCUT2D eigenvalue weighted by Crippen LogP contribution is 2.33. The Morgan fingerprint density at radius 3 is 2.57 bits per heavy atom. The van der Waals surface area contributed by atoms with Crippen molar-refractivity contribution in [3.63, 3.8) is 0 Å². The van der Waals surface area contributed by atoms with Crippen molar-refractivity contribution < 1.29 is 14.3 Å². The molecule has 1 aliphatic rings. The predicted molar refractivity (Wildman–Crippen MR) is 109 cm³/mol. The molecule has 1 atom stereocenters. The number of urea groups is 1. The van der Waals surface area contributed by atoms with Gasteiger partial charge < -0.3 is 20.3 Å². The van der Waals surface area contributed by atoms with E-state index in [0.717, 1.165) is 36.4 Å². The Morgan fingerprint density at radius 2 is 1.86 bits per heavy atom. The van der Waals surface area contributed by atoms with Gasteiger partial charge in [-0.05, 0) is 49.6 Å². The Hall–Kier alpha value is -3.02. The predicted octanol–water partition coefficient (Wildman–Crippen LogP) is 3.96. The third kappa shape index (κ3) is 5.25.